The van der Waals surface area contributed by atoms with Crippen molar-refractivity contribution in [3.63, 3.8) is 0 Å². The van der Waals surface area contributed by atoms with Crippen LogP contribution in [-0.4, -0.2) is 4.98 Å². The minimum atomic E-state index is 0.884. The molecule has 1 saturated carbocycles. The van der Waals surface area contributed by atoms with Gasteiger partial charge in [0.25, 0.3) is 0 Å². The zero-order valence-electron chi connectivity index (χ0n) is 12.5. The monoisotopic (exact) mass is 259 g/mol. The van der Waals surface area contributed by atoms with Gasteiger partial charge in [-0.2, -0.15) is 0 Å². The summed E-state index contributed by atoms with van der Waals surface area (Å²) < 4.78 is 0. The van der Waals surface area contributed by atoms with Crippen LogP contribution in [0.25, 0.3) is 0 Å². The molecule has 1 aliphatic rings. The molecular weight excluding hydrogens is 230 g/mol. The largest absolute Gasteiger partial charge is 0.261 e. The fourth-order valence-corrected chi connectivity index (χ4v) is 3.55. The van der Waals surface area contributed by atoms with Crippen molar-refractivity contribution < 1.29 is 0 Å². The quantitative estimate of drug-likeness (QED) is 0.569. The number of hydrogen-bond acceptors (Lipinski definition) is 1. The first kappa shape index (κ1) is 14.6. The van der Waals surface area contributed by atoms with Crippen molar-refractivity contribution in [1.29, 1.82) is 0 Å². The van der Waals surface area contributed by atoms with E-state index in [-0.39, 0.29) is 0 Å². The average Bonchev–Trinajstić information content (AvgIpc) is 2.97. The van der Waals surface area contributed by atoms with Gasteiger partial charge in [0.05, 0.1) is 0 Å². The number of rotatable bonds is 8. The molecule has 1 aromatic rings. The average molecular weight is 259 g/mol. The van der Waals surface area contributed by atoms with Gasteiger partial charge in [-0.25, -0.2) is 0 Å². The van der Waals surface area contributed by atoms with Crippen molar-refractivity contribution in [2.24, 2.45) is 11.8 Å². The molecule has 1 aliphatic carbocycles. The Kier molecular flexibility index (Phi) is 6.39. The molecule has 0 aliphatic heterocycles. The highest BCUT2D eigenvalue weighted by Gasteiger charge is 2.24. The van der Waals surface area contributed by atoms with Crippen molar-refractivity contribution >= 4 is 0 Å². The van der Waals surface area contributed by atoms with Crippen molar-refractivity contribution in [3.8, 4) is 0 Å². The third-order valence-electron chi connectivity index (χ3n) is 4.69. The predicted octanol–water partition coefficient (Wildman–Crippen LogP) is 5.40. The van der Waals surface area contributed by atoms with Crippen molar-refractivity contribution in [2.45, 2.75) is 71.1 Å². The van der Waals surface area contributed by atoms with Crippen LogP contribution in [-0.2, 0) is 6.42 Å². The van der Waals surface area contributed by atoms with E-state index in [1.165, 1.54) is 69.9 Å². The van der Waals surface area contributed by atoms with Crippen molar-refractivity contribution in [1.82, 2.24) is 4.98 Å². The molecule has 1 heterocycles. The van der Waals surface area contributed by atoms with Crippen LogP contribution in [0.4, 0.5) is 0 Å². The first-order valence-electron chi connectivity index (χ1n) is 8.30. The third kappa shape index (κ3) is 4.97. The smallest absolute Gasteiger partial charge is 0.0406 e. The van der Waals surface area contributed by atoms with E-state index in [1.54, 1.807) is 0 Å². The molecule has 1 aromatic heterocycles. The van der Waals surface area contributed by atoms with Crippen LogP contribution in [0.1, 0.15) is 70.4 Å². The second-order valence-corrected chi connectivity index (χ2v) is 6.18. The fourth-order valence-electron chi connectivity index (χ4n) is 3.55. The summed E-state index contributed by atoms with van der Waals surface area (Å²) in [7, 11) is 0. The van der Waals surface area contributed by atoms with Crippen LogP contribution in [0.3, 0.4) is 0 Å². The van der Waals surface area contributed by atoms with Gasteiger partial charge in [-0.05, 0) is 36.8 Å². The van der Waals surface area contributed by atoms with Crippen LogP contribution in [0.5, 0.6) is 0 Å². The molecular formula is C18H29N. The molecule has 0 N–H and O–H groups in total. The lowest BCUT2D eigenvalue weighted by Crippen LogP contribution is -2.15. The van der Waals surface area contributed by atoms with Crippen LogP contribution >= 0.6 is 0 Å². The van der Waals surface area contributed by atoms with E-state index >= 15 is 0 Å². The SMILES string of the molecule is CCCCCCC(Cc1ccccn1)C1CCCC1. The predicted molar refractivity (Wildman–Crippen MR) is 82.1 cm³/mol. The zero-order chi connectivity index (χ0) is 13.3. The van der Waals surface area contributed by atoms with Crippen molar-refractivity contribution in [3.05, 3.63) is 30.1 Å². The van der Waals surface area contributed by atoms with Gasteiger partial charge in [-0.3, -0.25) is 4.98 Å². The summed E-state index contributed by atoms with van der Waals surface area (Å²) in [6.45, 7) is 2.29. The molecule has 0 spiro atoms. The maximum absolute atomic E-state index is 4.53. The van der Waals surface area contributed by atoms with Gasteiger partial charge in [0, 0.05) is 11.9 Å². The summed E-state index contributed by atoms with van der Waals surface area (Å²) in [5.74, 6) is 1.86. The Morgan fingerprint density at radius 2 is 2.00 bits per heavy atom. The first-order valence-corrected chi connectivity index (χ1v) is 8.30. The Morgan fingerprint density at radius 3 is 2.68 bits per heavy atom. The Hall–Kier alpha value is -0.850. The van der Waals surface area contributed by atoms with Gasteiger partial charge in [0.2, 0.25) is 0 Å². The van der Waals surface area contributed by atoms with E-state index in [0.717, 1.165) is 11.8 Å². The number of hydrogen-bond donors (Lipinski definition) is 0. The van der Waals surface area contributed by atoms with E-state index in [1.807, 2.05) is 12.3 Å². The summed E-state index contributed by atoms with van der Waals surface area (Å²) >= 11 is 0. The van der Waals surface area contributed by atoms with E-state index in [4.69, 9.17) is 0 Å². The summed E-state index contributed by atoms with van der Waals surface area (Å²) in [5.41, 5.74) is 1.30. The molecule has 0 bridgehead atoms. The topological polar surface area (TPSA) is 12.9 Å². The van der Waals surface area contributed by atoms with Gasteiger partial charge < -0.3 is 0 Å². The highest BCUT2D eigenvalue weighted by atomic mass is 14.7. The maximum atomic E-state index is 4.53. The Labute approximate surface area is 118 Å². The summed E-state index contributed by atoms with van der Waals surface area (Å²) in [4.78, 5) is 4.53. The lowest BCUT2D eigenvalue weighted by Gasteiger charge is -2.23. The Bertz CT molecular complexity index is 327. The van der Waals surface area contributed by atoms with Gasteiger partial charge in [-0.1, -0.05) is 64.4 Å². The molecule has 1 heteroatoms. The van der Waals surface area contributed by atoms with E-state index in [9.17, 15) is 0 Å². The third-order valence-corrected chi connectivity index (χ3v) is 4.69. The summed E-state index contributed by atoms with van der Waals surface area (Å²) in [6, 6.07) is 6.36. The standard InChI is InChI=1S/C18H29N/c1-2-3-4-5-12-17(16-10-6-7-11-16)15-18-13-8-9-14-19-18/h8-9,13-14,16-17H,2-7,10-12,15H2,1H3. The van der Waals surface area contributed by atoms with Crippen molar-refractivity contribution in [2.75, 3.05) is 0 Å². The molecule has 0 aromatic carbocycles. The summed E-state index contributed by atoms with van der Waals surface area (Å²) in [6.07, 6.45) is 16.0. The molecule has 106 valence electrons. The molecule has 2 rings (SSSR count). The van der Waals surface area contributed by atoms with Crippen LogP contribution in [0.2, 0.25) is 0 Å². The lowest BCUT2D eigenvalue weighted by atomic mass is 9.83. The van der Waals surface area contributed by atoms with Crippen LogP contribution < -0.4 is 0 Å². The molecule has 1 unspecified atom stereocenters. The highest BCUT2D eigenvalue weighted by Crippen LogP contribution is 2.35. The van der Waals surface area contributed by atoms with Gasteiger partial charge in [0.15, 0.2) is 0 Å². The van der Waals surface area contributed by atoms with Crippen LogP contribution in [0, 0.1) is 11.8 Å². The molecule has 0 saturated heterocycles. The van der Waals surface area contributed by atoms with E-state index in [0.29, 0.717) is 0 Å². The number of pyridine rings is 1. The Morgan fingerprint density at radius 1 is 1.16 bits per heavy atom. The summed E-state index contributed by atoms with van der Waals surface area (Å²) in [5, 5.41) is 0. The molecule has 1 atom stereocenters. The number of nitrogens with zero attached hydrogens (tertiary/aromatic N) is 1. The van der Waals surface area contributed by atoms with Crippen LogP contribution in [0.15, 0.2) is 24.4 Å². The second kappa shape index (κ2) is 8.35. The molecule has 0 radical (unpaired) electrons. The highest BCUT2D eigenvalue weighted by molar-refractivity contribution is 5.04. The molecule has 0 amide bonds. The number of unbranched alkanes of at least 4 members (excludes halogenated alkanes) is 3. The van der Waals surface area contributed by atoms with Gasteiger partial charge >= 0.3 is 0 Å². The fraction of sp³-hybridized carbons (Fsp3) is 0.722. The zero-order valence-corrected chi connectivity index (χ0v) is 12.5. The minimum Gasteiger partial charge on any atom is -0.261 e. The molecule has 1 fully saturated rings. The first-order chi connectivity index (χ1) is 9.40. The molecule has 1 nitrogen and oxygen atoms in total. The minimum absolute atomic E-state index is 0.884. The lowest BCUT2D eigenvalue weighted by molar-refractivity contribution is 0.304. The maximum Gasteiger partial charge on any atom is 0.0406 e. The normalized spacial score (nSPS) is 17.7. The Balaban J connectivity index is 1.86. The van der Waals surface area contributed by atoms with E-state index in [2.05, 4.69) is 24.0 Å². The number of aromatic nitrogens is 1. The van der Waals surface area contributed by atoms with Gasteiger partial charge in [0.1, 0.15) is 0 Å². The molecule has 19 heavy (non-hydrogen) atoms. The van der Waals surface area contributed by atoms with E-state index < -0.39 is 0 Å². The van der Waals surface area contributed by atoms with Gasteiger partial charge in [-0.15, -0.1) is 0 Å². The second-order valence-electron chi connectivity index (χ2n) is 6.18.